The van der Waals surface area contributed by atoms with Crippen LogP contribution in [0.2, 0.25) is 0 Å². The molecule has 0 atom stereocenters. The summed E-state index contributed by atoms with van der Waals surface area (Å²) in [5.74, 6) is 2.31. The summed E-state index contributed by atoms with van der Waals surface area (Å²) < 4.78 is 37.2. The molecule has 0 aliphatic rings. The van der Waals surface area contributed by atoms with Crippen molar-refractivity contribution in [3.05, 3.63) is 48.5 Å². The molecule has 0 unspecified atom stereocenters. The average molecular weight is 434 g/mol. The topological polar surface area (TPSA) is 57.2 Å². The van der Waals surface area contributed by atoms with Gasteiger partial charge in [-0.25, -0.2) is 4.57 Å². The zero-order valence-corrected chi connectivity index (χ0v) is 17.5. The van der Waals surface area contributed by atoms with E-state index in [2.05, 4.69) is 0 Å². The summed E-state index contributed by atoms with van der Waals surface area (Å²) in [6, 6.07) is 13.6. The van der Waals surface area contributed by atoms with Crippen molar-refractivity contribution in [1.82, 2.24) is 4.67 Å². The molecule has 0 aromatic heterocycles. The van der Waals surface area contributed by atoms with E-state index < -0.39 is 7.75 Å². The van der Waals surface area contributed by atoms with Crippen molar-refractivity contribution in [1.29, 1.82) is 0 Å². The summed E-state index contributed by atoms with van der Waals surface area (Å²) in [6.45, 7) is 0.555. The van der Waals surface area contributed by atoms with Crippen LogP contribution >= 0.6 is 30.9 Å². The van der Waals surface area contributed by atoms with Crippen LogP contribution in [0.5, 0.6) is 23.0 Å². The van der Waals surface area contributed by atoms with Crippen molar-refractivity contribution in [2.45, 2.75) is 0 Å². The number of hydrogen-bond acceptors (Lipinski definition) is 5. The third-order valence-corrected chi connectivity index (χ3v) is 5.87. The van der Waals surface area contributed by atoms with E-state index in [-0.39, 0.29) is 24.8 Å². The first kappa shape index (κ1) is 21.7. The molecule has 0 amide bonds. The Morgan fingerprint density at radius 1 is 0.815 bits per heavy atom. The molecule has 2 aromatic carbocycles. The number of ether oxygens (including phenoxy) is 2. The second-order valence-corrected chi connectivity index (χ2v) is 7.96. The van der Waals surface area contributed by atoms with Crippen LogP contribution in [-0.2, 0) is 4.57 Å². The van der Waals surface area contributed by atoms with Crippen LogP contribution in [0.1, 0.15) is 0 Å². The fraction of sp³-hybridized carbons (Fsp3) is 0.333. The smallest absolute Gasteiger partial charge is 0.497 e. The Morgan fingerprint density at radius 3 is 1.59 bits per heavy atom. The Labute approximate surface area is 169 Å². The van der Waals surface area contributed by atoms with Gasteiger partial charge in [-0.3, -0.25) is 0 Å². The van der Waals surface area contributed by atoms with E-state index >= 15 is 0 Å². The Kier molecular flexibility index (Phi) is 8.58. The highest BCUT2D eigenvalue weighted by molar-refractivity contribution is 7.52. The summed E-state index contributed by atoms with van der Waals surface area (Å²) in [4.78, 5) is 0. The van der Waals surface area contributed by atoms with E-state index in [1.807, 2.05) is 0 Å². The maximum atomic E-state index is 13.7. The summed E-state index contributed by atoms with van der Waals surface area (Å²) >= 11 is 11.8. The van der Waals surface area contributed by atoms with Crippen LogP contribution in [0, 0.1) is 0 Å². The standard InChI is InChI=1S/C18H22Cl2NO5P/c1-23-15-5-3-7-17(13-15)25-27(22,21(11-9-19)12-10-20)26-18-8-4-6-16(14-18)24-2/h3-8,13-14H,9-12H2,1-2H3. The fourth-order valence-electron chi connectivity index (χ4n) is 2.27. The third-order valence-electron chi connectivity index (χ3n) is 3.56. The van der Waals surface area contributed by atoms with Crippen molar-refractivity contribution in [3.8, 4) is 23.0 Å². The number of hydrogen-bond donors (Lipinski definition) is 0. The first-order chi connectivity index (χ1) is 13.0. The molecule has 0 saturated carbocycles. The largest absolute Gasteiger partial charge is 0.515 e. The van der Waals surface area contributed by atoms with Crippen molar-refractivity contribution in [2.75, 3.05) is 39.1 Å². The maximum Gasteiger partial charge on any atom is 0.515 e. The van der Waals surface area contributed by atoms with E-state index in [1.54, 1.807) is 62.8 Å². The van der Waals surface area contributed by atoms with E-state index in [4.69, 9.17) is 41.7 Å². The van der Waals surface area contributed by atoms with Gasteiger partial charge in [-0.1, -0.05) is 12.1 Å². The molecule has 6 nitrogen and oxygen atoms in total. The Bertz CT molecular complexity index is 717. The van der Waals surface area contributed by atoms with Gasteiger partial charge in [0.15, 0.2) is 0 Å². The summed E-state index contributed by atoms with van der Waals surface area (Å²) in [5.41, 5.74) is 0. The Hall–Kier alpha value is -1.59. The Balaban J connectivity index is 2.37. The van der Waals surface area contributed by atoms with Gasteiger partial charge in [0.25, 0.3) is 0 Å². The maximum absolute atomic E-state index is 13.7. The second-order valence-electron chi connectivity index (χ2n) is 5.34. The lowest BCUT2D eigenvalue weighted by Gasteiger charge is -2.29. The predicted octanol–water partition coefficient (Wildman–Crippen LogP) is 5.05. The van der Waals surface area contributed by atoms with Gasteiger partial charge in [0.05, 0.1) is 14.2 Å². The minimum Gasteiger partial charge on any atom is -0.497 e. The lowest BCUT2D eigenvalue weighted by molar-refractivity contribution is 0.295. The van der Waals surface area contributed by atoms with Gasteiger partial charge in [-0.2, -0.15) is 4.67 Å². The molecule has 0 N–H and O–H groups in total. The number of rotatable bonds is 11. The average Bonchev–Trinajstić information content (AvgIpc) is 2.68. The molecule has 2 rings (SSSR count). The molecule has 0 aliphatic heterocycles. The van der Waals surface area contributed by atoms with Gasteiger partial charge < -0.3 is 18.5 Å². The minimum absolute atomic E-state index is 0.240. The van der Waals surface area contributed by atoms with Crippen LogP contribution < -0.4 is 18.5 Å². The number of alkyl halides is 2. The lowest BCUT2D eigenvalue weighted by atomic mass is 10.3. The fourth-order valence-corrected chi connectivity index (χ4v) is 4.63. The molecular formula is C18H22Cl2NO5P. The van der Waals surface area contributed by atoms with Gasteiger partial charge in [0, 0.05) is 37.0 Å². The normalized spacial score (nSPS) is 11.3. The molecule has 0 spiro atoms. The Morgan fingerprint density at radius 2 is 1.22 bits per heavy atom. The van der Waals surface area contributed by atoms with Gasteiger partial charge >= 0.3 is 7.75 Å². The molecular weight excluding hydrogens is 412 g/mol. The predicted molar refractivity (Wildman–Crippen MR) is 108 cm³/mol. The molecule has 0 bridgehead atoms. The van der Waals surface area contributed by atoms with Crippen molar-refractivity contribution in [3.63, 3.8) is 0 Å². The van der Waals surface area contributed by atoms with Crippen molar-refractivity contribution < 1.29 is 23.1 Å². The first-order valence-corrected chi connectivity index (χ1v) is 10.8. The lowest BCUT2D eigenvalue weighted by Crippen LogP contribution is -2.29. The monoisotopic (exact) mass is 433 g/mol. The molecule has 2 aromatic rings. The van der Waals surface area contributed by atoms with Crippen LogP contribution in [0.25, 0.3) is 0 Å². The molecule has 148 valence electrons. The van der Waals surface area contributed by atoms with Crippen molar-refractivity contribution >= 4 is 30.9 Å². The van der Waals surface area contributed by atoms with Gasteiger partial charge in [-0.05, 0) is 24.3 Å². The quantitative estimate of drug-likeness (QED) is 0.365. The molecule has 9 heteroatoms. The number of benzene rings is 2. The van der Waals surface area contributed by atoms with Gasteiger partial charge in [0.1, 0.15) is 23.0 Å². The highest BCUT2D eigenvalue weighted by Crippen LogP contribution is 2.52. The number of methoxy groups -OCH3 is 2. The van der Waals surface area contributed by atoms with Crippen LogP contribution in [0.3, 0.4) is 0 Å². The highest BCUT2D eigenvalue weighted by Gasteiger charge is 2.37. The third kappa shape index (κ3) is 6.22. The van der Waals surface area contributed by atoms with E-state index in [1.165, 1.54) is 4.67 Å². The number of halogens is 2. The molecule has 0 fully saturated rings. The van der Waals surface area contributed by atoms with Crippen LogP contribution in [-0.4, -0.2) is 43.7 Å². The second kappa shape index (κ2) is 10.7. The van der Waals surface area contributed by atoms with Gasteiger partial charge in [0.2, 0.25) is 0 Å². The van der Waals surface area contributed by atoms with E-state index in [9.17, 15) is 4.57 Å². The first-order valence-electron chi connectivity index (χ1n) is 8.19. The summed E-state index contributed by atoms with van der Waals surface area (Å²) in [7, 11) is -0.733. The van der Waals surface area contributed by atoms with Crippen molar-refractivity contribution in [2.24, 2.45) is 0 Å². The van der Waals surface area contributed by atoms with Gasteiger partial charge in [-0.15, -0.1) is 23.2 Å². The minimum atomic E-state index is -3.81. The highest BCUT2D eigenvalue weighted by atomic mass is 35.5. The van der Waals surface area contributed by atoms with Crippen LogP contribution in [0.4, 0.5) is 0 Å². The zero-order chi connectivity index (χ0) is 19.7. The van der Waals surface area contributed by atoms with E-state index in [0.29, 0.717) is 23.0 Å². The molecule has 27 heavy (non-hydrogen) atoms. The van der Waals surface area contributed by atoms with Crippen LogP contribution in [0.15, 0.2) is 48.5 Å². The molecule has 0 saturated heterocycles. The SMILES string of the molecule is COc1cccc(OP(=O)(Oc2cccc(OC)c2)N(CCCl)CCCl)c1. The zero-order valence-electron chi connectivity index (χ0n) is 15.1. The molecule has 0 aliphatic carbocycles. The molecule has 0 radical (unpaired) electrons. The molecule has 0 heterocycles. The summed E-state index contributed by atoms with van der Waals surface area (Å²) in [6.07, 6.45) is 0. The summed E-state index contributed by atoms with van der Waals surface area (Å²) in [5, 5.41) is 0. The number of nitrogens with zero attached hydrogens (tertiary/aromatic N) is 1. The van der Waals surface area contributed by atoms with E-state index in [0.717, 1.165) is 0 Å².